The Bertz CT molecular complexity index is 2020. The first-order valence-corrected chi connectivity index (χ1v) is 19.1. The lowest BCUT2D eigenvalue weighted by atomic mass is 9.92. The number of rotatable bonds is 13. The fraction of sp³-hybridized carbons (Fsp3) is 0.356. The summed E-state index contributed by atoms with van der Waals surface area (Å²) in [4.78, 5) is 7.09. The standard InChI is InChI=1S/C45H55N4O2/c1-9-46(10-2)32-20-24-38-36(39-25-21-33(47(11-3)12-4)29-43(39)50-42(38)28-32)18-17-19-37-40-26-22-34(48(13-5)14-6)30-44(40)51-45-31-35(23-27-41(37)45)49(15-7)16-8/h17-31H,9-16H2,1-8H3/q+1. The third-order valence-corrected chi connectivity index (χ3v) is 10.5. The van der Waals surface area contributed by atoms with E-state index in [1.807, 2.05) is 0 Å². The van der Waals surface area contributed by atoms with Crippen molar-refractivity contribution in [3.8, 4) is 22.8 Å². The first-order valence-electron chi connectivity index (χ1n) is 19.1. The average molecular weight is 684 g/mol. The lowest BCUT2D eigenvalue weighted by Crippen LogP contribution is -2.29. The molecule has 0 unspecified atom stereocenters. The van der Waals surface area contributed by atoms with Crippen LogP contribution in [0.4, 0.5) is 17.1 Å². The van der Waals surface area contributed by atoms with E-state index in [0.29, 0.717) is 0 Å². The van der Waals surface area contributed by atoms with Crippen LogP contribution in [0.2, 0.25) is 0 Å². The second kappa shape index (κ2) is 15.9. The predicted molar refractivity (Wildman–Crippen MR) is 219 cm³/mol. The van der Waals surface area contributed by atoms with Crippen LogP contribution < -0.4 is 29.4 Å². The Morgan fingerprint density at radius 1 is 0.569 bits per heavy atom. The molecule has 0 radical (unpaired) electrons. The number of allylic oxidation sites excluding steroid dienone is 2. The van der Waals surface area contributed by atoms with Crippen LogP contribution in [-0.2, 0) is 0 Å². The van der Waals surface area contributed by atoms with Crippen LogP contribution in [0.15, 0.2) is 89.4 Å². The highest BCUT2D eigenvalue weighted by Crippen LogP contribution is 2.46. The molecule has 6 heteroatoms. The predicted octanol–water partition coefficient (Wildman–Crippen LogP) is 10.1. The van der Waals surface area contributed by atoms with Gasteiger partial charge in [-0.1, -0.05) is 18.2 Å². The first kappa shape index (κ1) is 35.8. The number of benzene rings is 4. The highest BCUT2D eigenvalue weighted by atomic mass is 16.5. The minimum Gasteiger partial charge on any atom is -0.456 e. The van der Waals surface area contributed by atoms with Gasteiger partial charge in [-0.25, -0.2) is 4.58 Å². The van der Waals surface area contributed by atoms with Crippen molar-refractivity contribution in [2.45, 2.75) is 55.4 Å². The molecular weight excluding hydrogens is 629 g/mol. The number of fused-ring (bicyclic) bond motifs is 4. The number of nitrogens with zero attached hydrogens (tertiary/aromatic N) is 4. The van der Waals surface area contributed by atoms with Crippen molar-refractivity contribution in [1.29, 1.82) is 0 Å². The minimum absolute atomic E-state index is 0.894. The van der Waals surface area contributed by atoms with Gasteiger partial charge in [-0.2, -0.15) is 0 Å². The summed E-state index contributed by atoms with van der Waals surface area (Å²) >= 11 is 0. The van der Waals surface area contributed by atoms with Gasteiger partial charge in [-0.15, -0.1) is 0 Å². The number of hydrogen-bond donors (Lipinski definition) is 0. The number of anilines is 3. The molecule has 0 bridgehead atoms. The Labute approximate surface area is 304 Å². The maximum absolute atomic E-state index is 6.71. The highest BCUT2D eigenvalue weighted by Gasteiger charge is 2.24. The highest BCUT2D eigenvalue weighted by molar-refractivity contribution is 5.97. The van der Waals surface area contributed by atoms with Gasteiger partial charge in [-0.3, -0.25) is 0 Å². The summed E-state index contributed by atoms with van der Waals surface area (Å²) in [6, 6.07) is 26.6. The largest absolute Gasteiger partial charge is 0.456 e. The Morgan fingerprint density at radius 3 is 1.61 bits per heavy atom. The molecule has 2 aliphatic heterocycles. The van der Waals surface area contributed by atoms with Crippen molar-refractivity contribution in [2.24, 2.45) is 0 Å². The third kappa shape index (κ3) is 7.01. The second-order valence-corrected chi connectivity index (χ2v) is 13.0. The van der Waals surface area contributed by atoms with Crippen LogP contribution in [0.25, 0.3) is 33.9 Å². The van der Waals surface area contributed by atoms with E-state index in [4.69, 9.17) is 9.15 Å². The maximum Gasteiger partial charge on any atom is 0.203 e. The molecule has 2 heterocycles. The van der Waals surface area contributed by atoms with E-state index in [1.165, 1.54) is 22.4 Å². The van der Waals surface area contributed by atoms with E-state index in [0.717, 1.165) is 108 Å². The molecule has 6 rings (SSSR count). The zero-order chi connectivity index (χ0) is 36.1. The smallest absolute Gasteiger partial charge is 0.203 e. The van der Waals surface area contributed by atoms with Gasteiger partial charge >= 0.3 is 0 Å². The third-order valence-electron chi connectivity index (χ3n) is 10.5. The summed E-state index contributed by atoms with van der Waals surface area (Å²) in [7, 11) is 0. The molecule has 1 aliphatic carbocycles. The van der Waals surface area contributed by atoms with Crippen LogP contribution in [0, 0.1) is 0 Å². The van der Waals surface area contributed by atoms with Gasteiger partial charge in [0.2, 0.25) is 5.36 Å². The number of ether oxygens (including phenoxy) is 1. The molecule has 0 aromatic heterocycles. The van der Waals surface area contributed by atoms with Crippen LogP contribution >= 0.6 is 0 Å². The van der Waals surface area contributed by atoms with E-state index in [1.54, 1.807) is 0 Å². The topological polar surface area (TPSA) is 35.1 Å². The lowest BCUT2D eigenvalue weighted by Gasteiger charge is -2.28. The fourth-order valence-electron chi connectivity index (χ4n) is 7.54. The Morgan fingerprint density at radius 2 is 1.08 bits per heavy atom. The molecule has 0 saturated heterocycles. The molecule has 0 amide bonds. The summed E-state index contributed by atoms with van der Waals surface area (Å²) in [6.07, 6.45) is 6.71. The molecule has 0 saturated carbocycles. The van der Waals surface area contributed by atoms with Gasteiger partial charge < -0.3 is 23.9 Å². The van der Waals surface area contributed by atoms with Gasteiger partial charge in [0.1, 0.15) is 35.9 Å². The Hall–Kier alpha value is -4.97. The first-order chi connectivity index (χ1) is 24.9. The molecule has 0 spiro atoms. The Balaban J connectivity index is 1.53. The SMILES string of the molecule is CCN(CC)c1ccc2c(c1)Oc1cc(N(CC)CC)ccc1C2=C/C=C/c1c2ccc(=[N+](CC)CC)cc-2oc2cc(N(CC)CC)ccc12. The molecular formula is C45H55N4O2+. The Kier molecular flexibility index (Phi) is 11.2. The molecule has 0 N–H and O–H groups in total. The molecule has 266 valence electrons. The van der Waals surface area contributed by atoms with Crippen molar-refractivity contribution in [2.75, 3.05) is 67.1 Å². The van der Waals surface area contributed by atoms with Crippen molar-refractivity contribution in [3.05, 3.63) is 107 Å². The molecule has 0 atom stereocenters. The summed E-state index contributed by atoms with van der Waals surface area (Å²) in [6.45, 7) is 25.2. The number of hydrogen-bond acceptors (Lipinski definition) is 5. The van der Waals surface area contributed by atoms with Gasteiger partial charge in [0.15, 0.2) is 0 Å². The quantitative estimate of drug-likeness (QED) is 0.0895. The molecule has 0 fully saturated rings. The van der Waals surface area contributed by atoms with E-state index in [-0.39, 0.29) is 0 Å². The van der Waals surface area contributed by atoms with Gasteiger partial charge in [0.05, 0.1) is 6.07 Å². The molecule has 6 nitrogen and oxygen atoms in total. The van der Waals surface area contributed by atoms with Crippen LogP contribution in [0.5, 0.6) is 11.5 Å². The van der Waals surface area contributed by atoms with Crippen LogP contribution in [0.3, 0.4) is 0 Å². The average Bonchev–Trinajstić information content (AvgIpc) is 3.16. The van der Waals surface area contributed by atoms with E-state index < -0.39 is 0 Å². The van der Waals surface area contributed by atoms with Gasteiger partial charge in [0, 0.05) is 103 Å². The van der Waals surface area contributed by atoms with E-state index in [9.17, 15) is 0 Å². The van der Waals surface area contributed by atoms with E-state index >= 15 is 0 Å². The normalized spacial score (nSPS) is 12.2. The summed E-state index contributed by atoms with van der Waals surface area (Å²) in [5, 5.41) is 2.28. The molecule has 3 aromatic carbocycles. The van der Waals surface area contributed by atoms with Crippen molar-refractivity contribution < 1.29 is 9.15 Å². The second-order valence-electron chi connectivity index (χ2n) is 13.0. The van der Waals surface area contributed by atoms with Crippen molar-refractivity contribution in [1.82, 2.24) is 4.58 Å². The van der Waals surface area contributed by atoms with Crippen LogP contribution in [0.1, 0.15) is 72.1 Å². The summed E-state index contributed by atoms with van der Waals surface area (Å²) < 4.78 is 15.8. The van der Waals surface area contributed by atoms with E-state index in [2.05, 4.69) is 166 Å². The minimum atomic E-state index is 0.894. The molecule has 3 aromatic rings. The summed E-state index contributed by atoms with van der Waals surface area (Å²) in [5.74, 6) is 2.68. The van der Waals surface area contributed by atoms with Gasteiger partial charge in [-0.05, 0) is 109 Å². The molecule has 3 aliphatic rings. The lowest BCUT2D eigenvalue weighted by molar-refractivity contribution is 0.474. The van der Waals surface area contributed by atoms with Crippen LogP contribution in [-0.4, -0.2) is 52.4 Å². The van der Waals surface area contributed by atoms with Crippen molar-refractivity contribution >= 4 is 39.7 Å². The zero-order valence-corrected chi connectivity index (χ0v) is 31.9. The monoisotopic (exact) mass is 683 g/mol. The van der Waals surface area contributed by atoms with Gasteiger partial charge in [0.25, 0.3) is 0 Å². The zero-order valence-electron chi connectivity index (χ0n) is 31.9. The van der Waals surface area contributed by atoms with Crippen molar-refractivity contribution in [3.63, 3.8) is 0 Å². The fourth-order valence-corrected chi connectivity index (χ4v) is 7.54. The molecule has 51 heavy (non-hydrogen) atoms. The summed E-state index contributed by atoms with van der Waals surface area (Å²) in [5.41, 5.74) is 10.0. The maximum atomic E-state index is 6.71.